The van der Waals surface area contributed by atoms with E-state index >= 15 is 0 Å². The molecule has 0 saturated carbocycles. The molecule has 5 heteroatoms. The van der Waals surface area contributed by atoms with E-state index in [1.165, 1.54) is 0 Å². The van der Waals surface area contributed by atoms with Gasteiger partial charge in [-0.3, -0.25) is 4.79 Å². The van der Waals surface area contributed by atoms with Crippen molar-refractivity contribution in [3.63, 3.8) is 0 Å². The summed E-state index contributed by atoms with van der Waals surface area (Å²) in [5, 5.41) is 3.37. The summed E-state index contributed by atoms with van der Waals surface area (Å²) in [4.78, 5) is 21.9. The molecule has 0 bridgehead atoms. The van der Waals surface area contributed by atoms with Crippen LogP contribution in [-0.4, -0.2) is 29.1 Å². The highest BCUT2D eigenvalue weighted by Gasteiger charge is 2.43. The lowest BCUT2D eigenvalue weighted by Gasteiger charge is -2.38. The summed E-state index contributed by atoms with van der Waals surface area (Å²) >= 11 is 0. The second-order valence-electron chi connectivity index (χ2n) is 8.04. The van der Waals surface area contributed by atoms with Gasteiger partial charge in [-0.05, 0) is 36.5 Å². The molecular formula is C24H29N3O2. The van der Waals surface area contributed by atoms with Gasteiger partial charge < -0.3 is 15.0 Å². The van der Waals surface area contributed by atoms with E-state index in [-0.39, 0.29) is 17.9 Å². The number of hydrogen-bond acceptors (Lipinski definition) is 3. The second kappa shape index (κ2) is 8.37. The van der Waals surface area contributed by atoms with Gasteiger partial charge in [0.25, 0.3) is 0 Å². The molecule has 2 heterocycles. The quantitative estimate of drug-likeness (QED) is 0.649. The van der Waals surface area contributed by atoms with E-state index in [1.54, 1.807) is 0 Å². The molecule has 2 aromatic carbocycles. The van der Waals surface area contributed by atoms with Crippen molar-refractivity contribution in [3.8, 4) is 0 Å². The largest absolute Gasteiger partial charge is 0.381 e. The van der Waals surface area contributed by atoms with Gasteiger partial charge in [0.05, 0.1) is 22.5 Å². The molecule has 3 aromatic rings. The molecule has 29 heavy (non-hydrogen) atoms. The molecule has 1 saturated heterocycles. The molecule has 0 radical (unpaired) electrons. The number of carbonyl (C=O) groups is 1. The third-order valence-electron chi connectivity index (χ3n) is 6.31. The Morgan fingerprint density at radius 1 is 1.14 bits per heavy atom. The fourth-order valence-electron chi connectivity index (χ4n) is 4.24. The van der Waals surface area contributed by atoms with Gasteiger partial charge in [0.1, 0.15) is 5.82 Å². The smallest absolute Gasteiger partial charge is 0.231 e. The Kier molecular flexibility index (Phi) is 5.67. The summed E-state index contributed by atoms with van der Waals surface area (Å²) in [5.41, 5.74) is 2.42. The van der Waals surface area contributed by atoms with E-state index in [4.69, 9.17) is 9.72 Å². The molecule has 1 aliphatic rings. The molecule has 0 spiro atoms. The Hall–Kier alpha value is -2.66. The first kappa shape index (κ1) is 19.6. The maximum absolute atomic E-state index is 13.7. The van der Waals surface area contributed by atoms with Crippen molar-refractivity contribution in [2.24, 2.45) is 5.92 Å². The van der Waals surface area contributed by atoms with Crippen molar-refractivity contribution in [1.29, 1.82) is 0 Å². The molecule has 1 amide bonds. The normalized spacial score (nSPS) is 18.3. The highest BCUT2D eigenvalue weighted by Crippen LogP contribution is 2.36. The monoisotopic (exact) mass is 391 g/mol. The van der Waals surface area contributed by atoms with Gasteiger partial charge in [0, 0.05) is 13.2 Å². The van der Waals surface area contributed by atoms with Gasteiger partial charge in [-0.25, -0.2) is 4.98 Å². The molecule has 1 aliphatic heterocycles. The average Bonchev–Trinajstić information content (AvgIpc) is 3.21. The van der Waals surface area contributed by atoms with Crippen LogP contribution in [0.15, 0.2) is 54.6 Å². The van der Waals surface area contributed by atoms with Gasteiger partial charge in [-0.2, -0.15) is 0 Å². The maximum atomic E-state index is 13.7. The lowest BCUT2D eigenvalue weighted by atomic mass is 9.73. The highest BCUT2D eigenvalue weighted by molar-refractivity contribution is 5.89. The van der Waals surface area contributed by atoms with E-state index < -0.39 is 5.41 Å². The molecule has 0 aliphatic carbocycles. The second-order valence-corrected chi connectivity index (χ2v) is 8.04. The van der Waals surface area contributed by atoms with Crippen LogP contribution in [-0.2, 0) is 14.9 Å². The number of rotatable bonds is 6. The van der Waals surface area contributed by atoms with Gasteiger partial charge >= 0.3 is 0 Å². The molecule has 152 valence electrons. The molecular weight excluding hydrogens is 362 g/mol. The van der Waals surface area contributed by atoms with Crippen LogP contribution < -0.4 is 5.32 Å². The summed E-state index contributed by atoms with van der Waals surface area (Å²) in [6.45, 7) is 5.51. The Labute approximate surface area is 171 Å². The number of H-pyrrole nitrogens is 1. The number of aromatic amines is 1. The van der Waals surface area contributed by atoms with E-state index in [2.05, 4.69) is 36.3 Å². The third kappa shape index (κ3) is 3.79. The molecule has 2 N–H and O–H groups in total. The summed E-state index contributed by atoms with van der Waals surface area (Å²) in [5.74, 6) is 1.15. The zero-order valence-electron chi connectivity index (χ0n) is 17.2. The SMILES string of the molecule is CC[C@H](C)[C@H](NC(=O)C1(c2ccccc2)CCOCC1)c1nc2ccccc2[nH]1. The Morgan fingerprint density at radius 2 is 1.83 bits per heavy atom. The van der Waals surface area contributed by atoms with Crippen LogP contribution in [0.2, 0.25) is 0 Å². The number of fused-ring (bicyclic) bond motifs is 1. The van der Waals surface area contributed by atoms with E-state index in [0.717, 1.165) is 28.8 Å². The van der Waals surface area contributed by atoms with Crippen molar-refractivity contribution in [2.45, 2.75) is 44.6 Å². The number of para-hydroxylation sites is 2. The van der Waals surface area contributed by atoms with Gasteiger partial charge in [-0.15, -0.1) is 0 Å². The van der Waals surface area contributed by atoms with E-state index in [1.807, 2.05) is 42.5 Å². The summed E-state index contributed by atoms with van der Waals surface area (Å²) in [6.07, 6.45) is 2.33. The lowest BCUT2D eigenvalue weighted by Crippen LogP contribution is -2.50. The maximum Gasteiger partial charge on any atom is 0.231 e. The number of hydrogen-bond donors (Lipinski definition) is 2. The first-order valence-corrected chi connectivity index (χ1v) is 10.5. The van der Waals surface area contributed by atoms with Crippen LogP contribution in [0.1, 0.15) is 50.5 Å². The third-order valence-corrected chi connectivity index (χ3v) is 6.31. The number of amides is 1. The molecule has 1 fully saturated rings. The number of imidazole rings is 1. The fraction of sp³-hybridized carbons (Fsp3) is 0.417. The molecule has 1 aromatic heterocycles. The van der Waals surface area contributed by atoms with Crippen LogP contribution >= 0.6 is 0 Å². The van der Waals surface area contributed by atoms with Gasteiger partial charge in [0.2, 0.25) is 5.91 Å². The molecule has 2 atom stereocenters. The number of nitrogens with one attached hydrogen (secondary N) is 2. The topological polar surface area (TPSA) is 67.0 Å². The molecule has 0 unspecified atom stereocenters. The zero-order valence-corrected chi connectivity index (χ0v) is 17.2. The Bertz CT molecular complexity index is 927. The predicted octanol–water partition coefficient (Wildman–Crippen LogP) is 4.51. The van der Waals surface area contributed by atoms with Crippen molar-refractivity contribution >= 4 is 16.9 Å². The van der Waals surface area contributed by atoms with Crippen LogP contribution in [0.25, 0.3) is 11.0 Å². The summed E-state index contributed by atoms with van der Waals surface area (Å²) < 4.78 is 5.60. The van der Waals surface area contributed by atoms with Crippen LogP contribution in [0.5, 0.6) is 0 Å². The number of carbonyl (C=O) groups excluding carboxylic acids is 1. The first-order valence-electron chi connectivity index (χ1n) is 10.5. The number of ether oxygens (including phenoxy) is 1. The van der Waals surface area contributed by atoms with E-state index in [9.17, 15) is 4.79 Å². The minimum Gasteiger partial charge on any atom is -0.381 e. The van der Waals surface area contributed by atoms with Crippen molar-refractivity contribution in [1.82, 2.24) is 15.3 Å². The van der Waals surface area contributed by atoms with E-state index in [0.29, 0.717) is 26.1 Å². The van der Waals surface area contributed by atoms with Gasteiger partial charge in [0.15, 0.2) is 0 Å². The predicted molar refractivity (Wildman–Crippen MR) is 115 cm³/mol. The Balaban J connectivity index is 1.68. The number of benzene rings is 2. The van der Waals surface area contributed by atoms with Crippen molar-refractivity contribution < 1.29 is 9.53 Å². The van der Waals surface area contributed by atoms with Gasteiger partial charge in [-0.1, -0.05) is 62.7 Å². The zero-order chi connectivity index (χ0) is 20.3. The lowest BCUT2D eigenvalue weighted by molar-refractivity contribution is -0.131. The fourth-order valence-corrected chi connectivity index (χ4v) is 4.24. The minimum absolute atomic E-state index is 0.0674. The highest BCUT2D eigenvalue weighted by atomic mass is 16.5. The van der Waals surface area contributed by atoms with Crippen LogP contribution in [0.4, 0.5) is 0 Å². The number of nitrogens with zero attached hydrogens (tertiary/aromatic N) is 1. The van der Waals surface area contributed by atoms with Crippen LogP contribution in [0.3, 0.4) is 0 Å². The van der Waals surface area contributed by atoms with Crippen molar-refractivity contribution in [2.75, 3.05) is 13.2 Å². The van der Waals surface area contributed by atoms with Crippen LogP contribution in [0, 0.1) is 5.92 Å². The Morgan fingerprint density at radius 3 is 2.52 bits per heavy atom. The molecule has 4 rings (SSSR count). The first-order chi connectivity index (χ1) is 14.1. The molecule has 5 nitrogen and oxygen atoms in total. The average molecular weight is 392 g/mol. The summed E-state index contributed by atoms with van der Waals surface area (Å²) in [6, 6.07) is 17.9. The summed E-state index contributed by atoms with van der Waals surface area (Å²) in [7, 11) is 0. The van der Waals surface area contributed by atoms with Crippen molar-refractivity contribution in [3.05, 3.63) is 66.0 Å². The number of aromatic nitrogens is 2. The standard InChI is InChI=1S/C24H29N3O2/c1-3-17(2)21(22-25-19-11-7-8-12-20(19)26-22)27-23(28)24(13-15-29-16-14-24)18-9-5-4-6-10-18/h4-12,17,21H,3,13-16H2,1-2H3,(H,25,26)(H,27,28)/t17-,21-/m0/s1. The minimum atomic E-state index is -0.558.